The van der Waals surface area contributed by atoms with Crippen LogP contribution >= 0.6 is 34.5 Å². The lowest BCUT2D eigenvalue weighted by atomic mass is 9.92. The van der Waals surface area contributed by atoms with Crippen LogP contribution in [-0.4, -0.2) is 139 Å². The monoisotopic (exact) mass is 1770 g/mol. The van der Waals surface area contributed by atoms with Gasteiger partial charge in [-0.25, -0.2) is 15.0 Å². The molecule has 0 saturated carbocycles. The molecule has 0 saturated heterocycles. The first kappa shape index (κ1) is 96.3. The zero-order chi connectivity index (χ0) is 92.1. The van der Waals surface area contributed by atoms with Crippen LogP contribution in [0.3, 0.4) is 0 Å². The molecule has 5 aromatic heterocycles. The first-order valence-corrected chi connectivity index (χ1v) is 41.7. The third-order valence-electron chi connectivity index (χ3n) is 20.6. The summed E-state index contributed by atoms with van der Waals surface area (Å²) in [6.45, 7) is 23.8. The van der Waals surface area contributed by atoms with Gasteiger partial charge in [0.1, 0.15) is 22.8 Å². The van der Waals surface area contributed by atoms with Gasteiger partial charge in [-0.2, -0.15) is 9.90 Å². The molecule has 12 N–H and O–H groups in total. The lowest BCUT2D eigenvalue weighted by Crippen LogP contribution is -2.43. The Bertz CT molecular complexity index is 5690. The summed E-state index contributed by atoms with van der Waals surface area (Å²) < 4.78 is 23.6. The Morgan fingerprint density at radius 1 is 0.441 bits per heavy atom. The first-order chi connectivity index (χ1) is 60.8. The number of para-hydroxylation sites is 1. The molecule has 0 aliphatic rings. The molecule has 31 heteroatoms. The van der Waals surface area contributed by atoms with Gasteiger partial charge in [-0.3, -0.25) is 42.9 Å². The molecule has 0 aliphatic carbocycles. The third kappa shape index (κ3) is 27.0. The Morgan fingerprint density at radius 2 is 0.850 bits per heavy atom. The number of hydrogen-bond acceptors (Lipinski definition) is 22. The van der Waals surface area contributed by atoms with Crippen LogP contribution in [0.1, 0.15) is 120 Å². The summed E-state index contributed by atoms with van der Waals surface area (Å²) >= 11 is 13.6. The maximum Gasteiger partial charge on any atom is 0.311 e. The van der Waals surface area contributed by atoms with E-state index in [0.29, 0.717) is 91.7 Å². The number of carbonyl (C=O) groups excluding carboxylic acids is 8. The molecule has 0 aliphatic heterocycles. The molecular weight excluding hydrogens is 1670 g/mol. The molecule has 658 valence electrons. The van der Waals surface area contributed by atoms with E-state index in [4.69, 9.17) is 65.1 Å². The molecule has 28 nitrogen and oxygen atoms in total. The molecule has 4 amide bonds. The molecule has 5 heterocycles. The number of aromatic nitrogens is 8. The van der Waals surface area contributed by atoms with Crippen molar-refractivity contribution in [3.63, 3.8) is 0 Å². The third-order valence-corrected chi connectivity index (χ3v) is 22.3. The summed E-state index contributed by atoms with van der Waals surface area (Å²) in [5.41, 5.74) is 35.8. The van der Waals surface area contributed by atoms with E-state index in [-0.39, 0.29) is 29.2 Å². The van der Waals surface area contributed by atoms with Gasteiger partial charge in [-0.1, -0.05) is 153 Å². The molecule has 8 unspecified atom stereocenters. The number of imidazole rings is 1. The van der Waals surface area contributed by atoms with Crippen molar-refractivity contribution in [1.29, 1.82) is 0 Å². The van der Waals surface area contributed by atoms with Crippen LogP contribution < -0.4 is 44.2 Å². The van der Waals surface area contributed by atoms with Gasteiger partial charge in [0.25, 0.3) is 23.6 Å². The molecular formula is C96H102Cl2N16O12S. The first-order valence-electron chi connectivity index (χ1n) is 40.0. The number of amides is 4. The van der Waals surface area contributed by atoms with Crippen LogP contribution in [0.25, 0.3) is 50.6 Å². The van der Waals surface area contributed by atoms with Gasteiger partial charge in [-0.05, 0) is 196 Å². The number of halogens is 2. The van der Waals surface area contributed by atoms with E-state index in [0.717, 1.165) is 55.9 Å². The fourth-order valence-electron chi connectivity index (χ4n) is 13.4. The fourth-order valence-corrected chi connectivity index (χ4v) is 14.7. The van der Waals surface area contributed by atoms with Crippen molar-refractivity contribution in [3.05, 3.63) is 346 Å². The topological polar surface area (TPSA) is 405 Å². The van der Waals surface area contributed by atoms with Gasteiger partial charge in [0.15, 0.2) is 5.69 Å². The number of thiazole rings is 1. The second-order valence-electron chi connectivity index (χ2n) is 29.7. The van der Waals surface area contributed by atoms with Crippen molar-refractivity contribution in [1.82, 2.24) is 60.3 Å². The number of aryl methyl sites for hydroxylation is 1. The van der Waals surface area contributed by atoms with Gasteiger partial charge in [0, 0.05) is 100 Å². The van der Waals surface area contributed by atoms with Crippen LogP contribution in [0.4, 0.5) is 0 Å². The van der Waals surface area contributed by atoms with Crippen molar-refractivity contribution in [3.8, 4) is 27.8 Å². The van der Waals surface area contributed by atoms with Gasteiger partial charge >= 0.3 is 23.9 Å². The Morgan fingerprint density at radius 3 is 1.25 bits per heavy atom. The number of pyridine rings is 1. The largest absolute Gasteiger partial charge is 0.469 e. The Labute approximate surface area is 751 Å². The Balaban J connectivity index is 0.000000191. The number of rotatable bonds is 32. The maximum atomic E-state index is 12.9. The molecule has 12 rings (SSSR count). The average Bonchev–Trinajstić information content (AvgIpc) is 1.68. The number of ether oxygens (including phenoxy) is 4. The number of methoxy groups -OCH3 is 4. The predicted molar refractivity (Wildman–Crippen MR) is 494 cm³/mol. The Kier molecular flexibility index (Phi) is 35.1. The van der Waals surface area contributed by atoms with Crippen molar-refractivity contribution < 1.29 is 57.3 Å². The van der Waals surface area contributed by atoms with E-state index >= 15 is 0 Å². The summed E-state index contributed by atoms with van der Waals surface area (Å²) in [6.07, 6.45) is 11.9. The number of nitrogens with zero attached hydrogens (tertiary/aromatic N) is 8. The number of nitrogens with two attached hydrogens (primary N) is 4. The minimum absolute atomic E-state index is 0.200. The number of esters is 4. The van der Waals surface area contributed by atoms with Gasteiger partial charge in [0.2, 0.25) is 0 Å². The summed E-state index contributed by atoms with van der Waals surface area (Å²) in [5, 5.41) is 23.2. The van der Waals surface area contributed by atoms with E-state index in [2.05, 4.69) is 72.7 Å². The molecule has 8 atom stereocenters. The summed E-state index contributed by atoms with van der Waals surface area (Å²) in [4.78, 5) is 115. The lowest BCUT2D eigenvalue weighted by molar-refractivity contribution is -0.147. The summed E-state index contributed by atoms with van der Waals surface area (Å²) in [5.74, 6) is -4.69. The normalized spacial score (nSPS) is 12.6. The highest BCUT2D eigenvalue weighted by Crippen LogP contribution is 2.36. The molecule has 0 fully saturated rings. The quantitative estimate of drug-likeness (QED) is 0.0143. The molecule has 0 spiro atoms. The number of hydrogen-bond donors (Lipinski definition) is 8. The zero-order valence-corrected chi connectivity index (χ0v) is 74.1. The van der Waals surface area contributed by atoms with Gasteiger partial charge in [-0.15, -0.1) is 16.4 Å². The smallest absolute Gasteiger partial charge is 0.311 e. The number of nitrogens with one attached hydrogen (secondary N) is 4. The molecule has 0 radical (unpaired) electrons. The van der Waals surface area contributed by atoms with Crippen LogP contribution in [0, 0.1) is 30.6 Å². The SMILES string of the molecule is C=C(N)c1cccc(CC(C(=O)OC)C(C)NC(=O)c2ccc(-n3cccc3)cc2)c1.C=C(N)c1cccc(CC(C(=O)OC)C(C)NC(=O)c2ccc(-n3ccnc3)nc2)c1.C=C(N)c1cccc(CC(C(=O)OC)C(C)NC(=O)c2csc(-c3cccc(Cl)c3Cl)n2)c1.C=C(N)c1cccc(CC(C(=O)OC)C(C)NC(=O)c2nn(-c3ccccc3)nc2C)c1. The van der Waals surface area contributed by atoms with Crippen LogP contribution in [0.2, 0.25) is 10.0 Å². The molecule has 7 aromatic carbocycles. The highest BCUT2D eigenvalue weighted by molar-refractivity contribution is 7.13. The Hall–Kier alpha value is -14.6. The van der Waals surface area contributed by atoms with Crippen molar-refractivity contribution in [2.45, 2.75) is 84.5 Å². The molecule has 127 heavy (non-hydrogen) atoms. The zero-order valence-electron chi connectivity index (χ0n) is 71.7. The van der Waals surface area contributed by atoms with Crippen molar-refractivity contribution in [2.24, 2.45) is 46.6 Å². The average molecular weight is 1770 g/mol. The fraction of sp³-hybridized carbons (Fsp3) is 0.219. The second-order valence-corrected chi connectivity index (χ2v) is 31.3. The van der Waals surface area contributed by atoms with Crippen LogP contribution in [-0.2, 0) is 63.8 Å². The lowest BCUT2D eigenvalue weighted by Gasteiger charge is -2.23. The molecule has 12 aromatic rings. The van der Waals surface area contributed by atoms with Crippen molar-refractivity contribution >= 4 is 105 Å². The maximum absolute atomic E-state index is 12.9. The van der Waals surface area contributed by atoms with Crippen LogP contribution in [0.15, 0.2) is 263 Å². The summed E-state index contributed by atoms with van der Waals surface area (Å²) in [6, 6.07) is 57.1. The highest BCUT2D eigenvalue weighted by atomic mass is 35.5. The second kappa shape index (κ2) is 46.3. The minimum atomic E-state index is -0.610. The van der Waals surface area contributed by atoms with E-state index in [1.54, 1.807) is 106 Å². The van der Waals surface area contributed by atoms with Crippen LogP contribution in [0.5, 0.6) is 0 Å². The number of benzene rings is 7. The standard InChI is InChI=1S/C25H27N3O3.C24H23Cl2N3O3S.C24H27N5O3.C23H25N5O3/c1-17(26)21-8-6-7-19(15-21)16-23(25(30)31-3)18(2)27-24(29)20-9-11-22(12-10-20)28-13-4-5-14-28;1-13(27)16-7-4-6-15(10-16)11-18(24(31)32-3)14(2)28-22(30)20-12-33-23(29-20)17-8-5-9-19(25)21(17)26;1-15(25)19-10-8-9-18(13-19)14-21(24(31)32-4)16(2)26-23(30)22-17(3)27-29(28-22)20-11-6-5-7-12-20;1-15(24)18-6-4-5-17(11-18)12-20(23(30)31-3)16(2)27-22(29)19-7-8-21(26-13-19)28-10-9-25-14-28/h4-15,18,23H,1,16,26H2,2-3H3,(H,27,29);4-10,12,14,18H,1,11,27H2,2-3H3,(H,28,30);5-13,16,21H,1,14,25H2,2-4H3,(H,26,30);4-11,13-14,16,20H,1,12,24H2,2-3H3,(H,27,29). The highest BCUT2D eigenvalue weighted by Gasteiger charge is 2.34. The van der Waals surface area contributed by atoms with Crippen molar-refractivity contribution in [2.75, 3.05) is 28.4 Å². The minimum Gasteiger partial charge on any atom is -0.469 e. The van der Waals surface area contributed by atoms with Gasteiger partial charge in [0.05, 0.1) is 79.1 Å². The van der Waals surface area contributed by atoms with E-state index in [1.807, 2.05) is 169 Å². The summed E-state index contributed by atoms with van der Waals surface area (Å²) in [7, 11) is 5.34. The molecule has 0 bridgehead atoms. The van der Waals surface area contributed by atoms with E-state index in [1.165, 1.54) is 50.8 Å². The van der Waals surface area contributed by atoms with Gasteiger partial charge < -0.3 is 67.7 Å². The van der Waals surface area contributed by atoms with E-state index < -0.39 is 77.6 Å². The number of carbonyl (C=O) groups is 8. The van der Waals surface area contributed by atoms with E-state index in [9.17, 15) is 38.4 Å². The predicted octanol–water partition coefficient (Wildman–Crippen LogP) is 13.8.